The number of halogens is 1. The standard InChI is InChI=1S/C10H14ClO4PS2/c1-3-14-16(17,15-4-2)18(12,13)10-7-5-9(11)6-8-10/h5-8H,3-4H2,1-2H3. The van der Waals surface area contributed by atoms with E-state index in [4.69, 9.17) is 32.5 Å². The first-order valence-electron chi connectivity index (χ1n) is 5.27. The Morgan fingerprint density at radius 3 is 2.00 bits per heavy atom. The lowest BCUT2D eigenvalue weighted by Gasteiger charge is -2.20. The minimum atomic E-state index is -3.82. The fourth-order valence-electron chi connectivity index (χ4n) is 1.23. The Kier molecular flexibility index (Phi) is 5.77. The summed E-state index contributed by atoms with van der Waals surface area (Å²) in [5.74, 6) is 0. The van der Waals surface area contributed by atoms with Crippen molar-refractivity contribution in [1.82, 2.24) is 0 Å². The van der Waals surface area contributed by atoms with Crippen LogP contribution in [0.15, 0.2) is 29.2 Å². The second-order valence-corrected chi connectivity index (χ2v) is 11.5. The topological polar surface area (TPSA) is 52.6 Å². The predicted molar refractivity (Wildman–Crippen MR) is 76.2 cm³/mol. The van der Waals surface area contributed by atoms with Crippen molar-refractivity contribution in [3.05, 3.63) is 29.3 Å². The highest BCUT2D eigenvalue weighted by atomic mass is 35.5. The number of benzene rings is 1. The van der Waals surface area contributed by atoms with Crippen LogP contribution < -0.4 is 0 Å². The van der Waals surface area contributed by atoms with E-state index in [1.807, 2.05) is 0 Å². The first-order chi connectivity index (χ1) is 8.37. The van der Waals surface area contributed by atoms with Crippen molar-refractivity contribution < 1.29 is 17.5 Å². The van der Waals surface area contributed by atoms with Gasteiger partial charge in [-0.1, -0.05) is 11.6 Å². The molecule has 0 amide bonds. The van der Waals surface area contributed by atoms with E-state index in [1.165, 1.54) is 24.3 Å². The van der Waals surface area contributed by atoms with Crippen LogP contribution in [0.4, 0.5) is 0 Å². The maximum absolute atomic E-state index is 12.4. The van der Waals surface area contributed by atoms with Gasteiger partial charge < -0.3 is 9.05 Å². The first kappa shape index (κ1) is 16.1. The molecular formula is C10H14ClO4PS2. The first-order valence-corrected chi connectivity index (χ1v) is 10.4. The summed E-state index contributed by atoms with van der Waals surface area (Å²) in [5.41, 5.74) is -3.40. The molecule has 0 N–H and O–H groups in total. The molecule has 102 valence electrons. The smallest absolute Gasteiger partial charge is 0.310 e. The molecule has 0 heterocycles. The lowest BCUT2D eigenvalue weighted by atomic mass is 10.4. The van der Waals surface area contributed by atoms with Crippen molar-refractivity contribution >= 4 is 38.6 Å². The van der Waals surface area contributed by atoms with E-state index in [0.29, 0.717) is 5.02 Å². The van der Waals surface area contributed by atoms with Gasteiger partial charge in [0.2, 0.25) is 0 Å². The number of hydrogen-bond donors (Lipinski definition) is 0. The van der Waals surface area contributed by atoms with Crippen LogP contribution in [-0.4, -0.2) is 21.6 Å². The Balaban J connectivity index is 3.25. The Morgan fingerprint density at radius 1 is 1.17 bits per heavy atom. The van der Waals surface area contributed by atoms with Gasteiger partial charge in [-0.05, 0) is 49.9 Å². The lowest BCUT2D eigenvalue weighted by molar-refractivity contribution is 0.278. The molecule has 4 nitrogen and oxygen atoms in total. The zero-order chi connectivity index (χ0) is 13.8. The van der Waals surface area contributed by atoms with E-state index < -0.39 is 15.2 Å². The van der Waals surface area contributed by atoms with Crippen molar-refractivity contribution in [1.29, 1.82) is 0 Å². The van der Waals surface area contributed by atoms with Gasteiger partial charge in [0.05, 0.1) is 18.1 Å². The van der Waals surface area contributed by atoms with Gasteiger partial charge in [-0.3, -0.25) is 0 Å². The van der Waals surface area contributed by atoms with Gasteiger partial charge in [0.1, 0.15) is 0 Å². The van der Waals surface area contributed by atoms with E-state index in [-0.39, 0.29) is 18.1 Å². The summed E-state index contributed by atoms with van der Waals surface area (Å²) in [7, 11) is -3.82. The van der Waals surface area contributed by atoms with Gasteiger partial charge in [-0.25, -0.2) is 8.42 Å². The largest absolute Gasteiger partial charge is 0.318 e. The highest BCUT2D eigenvalue weighted by Crippen LogP contribution is 2.57. The maximum atomic E-state index is 12.4. The lowest BCUT2D eigenvalue weighted by Crippen LogP contribution is -2.08. The summed E-state index contributed by atoms with van der Waals surface area (Å²) in [6, 6.07) is 5.78. The van der Waals surface area contributed by atoms with Crippen molar-refractivity contribution in [2.75, 3.05) is 13.2 Å². The van der Waals surface area contributed by atoms with Gasteiger partial charge >= 0.3 is 5.69 Å². The summed E-state index contributed by atoms with van der Waals surface area (Å²) in [4.78, 5) is 0.0668. The fourth-order valence-corrected chi connectivity index (χ4v) is 7.09. The molecule has 0 saturated heterocycles. The average molecular weight is 329 g/mol. The van der Waals surface area contributed by atoms with Crippen LogP contribution in [0.2, 0.25) is 5.02 Å². The summed E-state index contributed by atoms with van der Waals surface area (Å²) in [5, 5.41) is 0.454. The molecule has 0 fully saturated rings. The number of hydrogen-bond acceptors (Lipinski definition) is 5. The van der Waals surface area contributed by atoms with E-state index in [2.05, 4.69) is 0 Å². The summed E-state index contributed by atoms with van der Waals surface area (Å²) in [6.07, 6.45) is 0. The highest BCUT2D eigenvalue weighted by Gasteiger charge is 2.37. The van der Waals surface area contributed by atoms with Crippen LogP contribution in [0.5, 0.6) is 0 Å². The van der Waals surface area contributed by atoms with Crippen LogP contribution in [0.25, 0.3) is 0 Å². The third-order valence-electron chi connectivity index (χ3n) is 1.98. The molecule has 0 aliphatic carbocycles. The Bertz CT molecular complexity index is 532. The Hall–Kier alpha value is 0.0300. The van der Waals surface area contributed by atoms with Crippen LogP contribution >= 0.6 is 17.3 Å². The van der Waals surface area contributed by atoms with Crippen molar-refractivity contribution in [2.45, 2.75) is 18.7 Å². The normalized spacial score (nSPS) is 12.6. The van der Waals surface area contributed by atoms with Crippen LogP contribution in [0.1, 0.15) is 13.8 Å². The maximum Gasteiger partial charge on any atom is 0.310 e. The molecule has 8 heteroatoms. The molecule has 18 heavy (non-hydrogen) atoms. The van der Waals surface area contributed by atoms with Gasteiger partial charge in [0, 0.05) is 5.02 Å². The molecule has 1 rings (SSSR count). The van der Waals surface area contributed by atoms with Crippen LogP contribution in [0.3, 0.4) is 0 Å². The molecule has 1 aromatic carbocycles. The van der Waals surface area contributed by atoms with Crippen molar-refractivity contribution in [3.63, 3.8) is 0 Å². The number of rotatable bonds is 6. The summed E-state index contributed by atoms with van der Waals surface area (Å²) in [6.45, 7) is 3.73. The Labute approximate surface area is 117 Å². The third-order valence-corrected chi connectivity index (χ3v) is 10.3. The molecule has 0 radical (unpaired) electrons. The molecule has 0 bridgehead atoms. The van der Waals surface area contributed by atoms with Gasteiger partial charge in [0.15, 0.2) is 0 Å². The van der Waals surface area contributed by atoms with Gasteiger partial charge in [0.25, 0.3) is 9.46 Å². The van der Waals surface area contributed by atoms with Gasteiger partial charge in [-0.15, -0.1) is 0 Å². The zero-order valence-corrected chi connectivity index (χ0v) is 13.3. The van der Waals surface area contributed by atoms with Crippen molar-refractivity contribution in [2.24, 2.45) is 0 Å². The monoisotopic (exact) mass is 328 g/mol. The minimum Gasteiger partial charge on any atom is -0.318 e. The third kappa shape index (κ3) is 3.32. The van der Waals surface area contributed by atoms with Crippen molar-refractivity contribution in [3.8, 4) is 0 Å². The SMILES string of the molecule is CCOP(=S)(OCC)S(=O)(=O)c1ccc(Cl)cc1. The molecule has 0 atom stereocenters. The summed E-state index contributed by atoms with van der Waals surface area (Å²) < 4.78 is 35.2. The van der Waals surface area contributed by atoms with Crippen LogP contribution in [-0.2, 0) is 30.3 Å². The minimum absolute atomic E-state index is 0.0668. The molecule has 1 aromatic rings. The molecule has 0 unspecified atom stereocenters. The average Bonchev–Trinajstić information content (AvgIpc) is 2.30. The van der Waals surface area contributed by atoms with E-state index in [9.17, 15) is 8.42 Å². The van der Waals surface area contributed by atoms with E-state index in [1.54, 1.807) is 13.8 Å². The van der Waals surface area contributed by atoms with E-state index in [0.717, 1.165) is 0 Å². The quantitative estimate of drug-likeness (QED) is 0.749. The molecule has 0 aromatic heterocycles. The second-order valence-electron chi connectivity index (χ2n) is 3.21. The molecule has 0 aliphatic rings. The second kappa shape index (κ2) is 6.46. The summed E-state index contributed by atoms with van der Waals surface area (Å²) >= 11 is 10.8. The Morgan fingerprint density at radius 2 is 1.61 bits per heavy atom. The van der Waals surface area contributed by atoms with Crippen LogP contribution in [0, 0.1) is 0 Å². The molecule has 0 spiro atoms. The fraction of sp³-hybridized carbons (Fsp3) is 0.400. The van der Waals surface area contributed by atoms with E-state index >= 15 is 0 Å². The zero-order valence-electron chi connectivity index (χ0n) is 10.00. The van der Waals surface area contributed by atoms with Gasteiger partial charge in [-0.2, -0.15) is 0 Å². The molecular weight excluding hydrogens is 315 g/mol. The molecule has 0 aliphatic heterocycles. The highest BCUT2D eigenvalue weighted by molar-refractivity contribution is 8.63. The molecule has 0 saturated carbocycles. The predicted octanol–water partition coefficient (Wildman–Crippen LogP) is 3.41.